The molecule has 0 aromatic heterocycles. The predicted octanol–water partition coefficient (Wildman–Crippen LogP) is 0.839. The van der Waals surface area contributed by atoms with Crippen LogP contribution in [0.1, 0.15) is 12.5 Å². The molecule has 1 aromatic carbocycles. The Morgan fingerprint density at radius 2 is 2.29 bits per heavy atom. The lowest BCUT2D eigenvalue weighted by atomic mass is 10.2. The predicted molar refractivity (Wildman–Crippen MR) is 58.8 cm³/mol. The van der Waals surface area contributed by atoms with Crippen molar-refractivity contribution in [3.63, 3.8) is 0 Å². The Kier molecular flexibility index (Phi) is 4.80. The molecule has 1 amide bonds. The average Bonchev–Trinajstić information content (AvgIpc) is 2.29. The van der Waals surface area contributed by atoms with Crippen molar-refractivity contribution < 1.29 is 18.7 Å². The van der Waals surface area contributed by atoms with Crippen LogP contribution in [0, 0.1) is 5.82 Å². The number of carbonyl (C=O) groups is 2. The third kappa shape index (κ3) is 4.42. The van der Waals surface area contributed by atoms with Gasteiger partial charge in [-0.05, 0) is 24.6 Å². The maximum absolute atomic E-state index is 12.8. The molecule has 0 bridgehead atoms. The molecular weight excluding hydrogens is 227 g/mol. The molecule has 0 fully saturated rings. The number of rotatable bonds is 3. The summed E-state index contributed by atoms with van der Waals surface area (Å²) in [5.41, 5.74) is 2.44. The first-order valence-electron chi connectivity index (χ1n) is 4.89. The van der Waals surface area contributed by atoms with Crippen molar-refractivity contribution in [1.82, 2.24) is 5.43 Å². The van der Waals surface area contributed by atoms with Crippen LogP contribution in [0.15, 0.2) is 29.4 Å². The Balaban J connectivity index is 2.50. The van der Waals surface area contributed by atoms with E-state index in [9.17, 15) is 14.0 Å². The number of halogens is 1. The summed E-state index contributed by atoms with van der Waals surface area (Å²) in [4.78, 5) is 21.9. The van der Waals surface area contributed by atoms with E-state index in [-0.39, 0.29) is 6.61 Å². The molecule has 0 spiro atoms. The minimum Gasteiger partial charge on any atom is -0.459 e. The first kappa shape index (κ1) is 12.8. The van der Waals surface area contributed by atoms with Gasteiger partial charge in [-0.3, -0.25) is 4.79 Å². The van der Waals surface area contributed by atoms with Crippen LogP contribution in [0.5, 0.6) is 0 Å². The van der Waals surface area contributed by atoms with Crippen LogP contribution >= 0.6 is 0 Å². The molecule has 0 aliphatic carbocycles. The summed E-state index contributed by atoms with van der Waals surface area (Å²) in [6, 6.07) is 5.63. The number of carbonyl (C=O) groups excluding carboxylic acids is 2. The highest BCUT2D eigenvalue weighted by Gasteiger charge is 2.12. The minimum atomic E-state index is -1.01. The molecule has 6 heteroatoms. The molecule has 1 aromatic rings. The van der Waals surface area contributed by atoms with Gasteiger partial charge in [-0.2, -0.15) is 5.10 Å². The van der Waals surface area contributed by atoms with Gasteiger partial charge in [-0.25, -0.2) is 14.6 Å². The van der Waals surface area contributed by atoms with E-state index in [0.29, 0.717) is 5.56 Å². The van der Waals surface area contributed by atoms with Crippen LogP contribution < -0.4 is 5.43 Å². The van der Waals surface area contributed by atoms with Crippen molar-refractivity contribution in [3.05, 3.63) is 35.6 Å². The molecule has 0 saturated heterocycles. The van der Waals surface area contributed by atoms with Crippen LogP contribution in [0.3, 0.4) is 0 Å². The van der Waals surface area contributed by atoms with E-state index in [1.165, 1.54) is 24.4 Å². The molecule has 0 heterocycles. The Hall–Kier alpha value is -2.24. The fourth-order valence-electron chi connectivity index (χ4n) is 0.995. The fourth-order valence-corrected chi connectivity index (χ4v) is 0.995. The minimum absolute atomic E-state index is 0.111. The van der Waals surface area contributed by atoms with E-state index in [1.54, 1.807) is 13.0 Å². The van der Waals surface area contributed by atoms with Gasteiger partial charge in [-0.1, -0.05) is 12.1 Å². The number of esters is 1. The van der Waals surface area contributed by atoms with Crippen LogP contribution in [0.4, 0.5) is 4.39 Å². The van der Waals surface area contributed by atoms with Crippen molar-refractivity contribution in [1.29, 1.82) is 0 Å². The van der Waals surface area contributed by atoms with Crippen molar-refractivity contribution in [3.8, 4) is 0 Å². The van der Waals surface area contributed by atoms with Crippen molar-refractivity contribution in [2.75, 3.05) is 6.61 Å². The fraction of sp³-hybridized carbons (Fsp3) is 0.182. The van der Waals surface area contributed by atoms with Gasteiger partial charge in [0.25, 0.3) is 0 Å². The first-order valence-corrected chi connectivity index (χ1v) is 4.89. The molecule has 0 atom stereocenters. The lowest BCUT2D eigenvalue weighted by molar-refractivity contribution is -0.154. The molecule has 90 valence electrons. The second kappa shape index (κ2) is 6.37. The number of hydrogen-bond acceptors (Lipinski definition) is 4. The standard InChI is InChI=1S/C11H11FN2O3/c1-2-17-11(16)10(15)14-13-7-8-4-3-5-9(12)6-8/h3-7H,2H2,1H3,(H,14,15)/b13-7-. The number of amides is 1. The normalized spacial score (nSPS) is 10.2. The van der Waals surface area contributed by atoms with E-state index in [1.807, 2.05) is 5.43 Å². The van der Waals surface area contributed by atoms with Gasteiger partial charge in [0.05, 0.1) is 12.8 Å². The summed E-state index contributed by atoms with van der Waals surface area (Å²) in [5.74, 6) is -2.39. The highest BCUT2D eigenvalue weighted by molar-refractivity contribution is 6.32. The lowest BCUT2D eigenvalue weighted by Crippen LogP contribution is -2.28. The monoisotopic (exact) mass is 238 g/mol. The second-order valence-electron chi connectivity index (χ2n) is 2.97. The van der Waals surface area contributed by atoms with Crippen LogP contribution in [0.25, 0.3) is 0 Å². The van der Waals surface area contributed by atoms with E-state index in [2.05, 4.69) is 9.84 Å². The number of hydrogen-bond donors (Lipinski definition) is 1. The molecule has 0 aliphatic heterocycles. The number of benzene rings is 1. The largest absolute Gasteiger partial charge is 0.459 e. The molecule has 0 saturated carbocycles. The number of nitrogens with one attached hydrogen (secondary N) is 1. The van der Waals surface area contributed by atoms with Crippen LogP contribution in [-0.4, -0.2) is 24.7 Å². The first-order chi connectivity index (χ1) is 8.13. The molecule has 0 radical (unpaired) electrons. The summed E-state index contributed by atoms with van der Waals surface area (Å²) >= 11 is 0. The quantitative estimate of drug-likeness (QED) is 0.367. The van der Waals surface area contributed by atoms with Gasteiger partial charge < -0.3 is 4.74 Å². The zero-order valence-electron chi connectivity index (χ0n) is 9.14. The van der Waals surface area contributed by atoms with E-state index in [4.69, 9.17) is 0 Å². The Labute approximate surface area is 97.3 Å². The molecular formula is C11H11FN2O3. The SMILES string of the molecule is CCOC(=O)C(=O)N/N=C\c1cccc(F)c1. The smallest absolute Gasteiger partial charge is 0.398 e. The van der Waals surface area contributed by atoms with Gasteiger partial charge in [0.15, 0.2) is 0 Å². The third-order valence-electron chi connectivity index (χ3n) is 1.69. The summed E-state index contributed by atoms with van der Waals surface area (Å²) < 4.78 is 17.2. The molecule has 17 heavy (non-hydrogen) atoms. The van der Waals surface area contributed by atoms with E-state index in [0.717, 1.165) is 0 Å². The van der Waals surface area contributed by atoms with Gasteiger partial charge in [0, 0.05) is 0 Å². The summed E-state index contributed by atoms with van der Waals surface area (Å²) in [6.45, 7) is 1.70. The highest BCUT2D eigenvalue weighted by atomic mass is 19.1. The molecule has 1 rings (SSSR count). The lowest BCUT2D eigenvalue weighted by Gasteiger charge is -1.99. The van der Waals surface area contributed by atoms with Gasteiger partial charge in [-0.15, -0.1) is 0 Å². The zero-order valence-corrected chi connectivity index (χ0v) is 9.14. The molecule has 0 aliphatic rings. The van der Waals surface area contributed by atoms with Gasteiger partial charge in [0.2, 0.25) is 0 Å². The number of hydrazone groups is 1. The summed E-state index contributed by atoms with van der Waals surface area (Å²) in [7, 11) is 0. The number of ether oxygens (including phenoxy) is 1. The molecule has 1 N–H and O–H groups in total. The maximum atomic E-state index is 12.8. The summed E-state index contributed by atoms with van der Waals surface area (Å²) in [6.07, 6.45) is 1.22. The molecule has 0 unspecified atom stereocenters. The van der Waals surface area contributed by atoms with Crippen molar-refractivity contribution in [2.45, 2.75) is 6.92 Å². The topological polar surface area (TPSA) is 67.8 Å². The Bertz CT molecular complexity index is 446. The van der Waals surface area contributed by atoms with Crippen molar-refractivity contribution in [2.24, 2.45) is 5.10 Å². The van der Waals surface area contributed by atoms with E-state index < -0.39 is 17.7 Å². The molecule has 5 nitrogen and oxygen atoms in total. The van der Waals surface area contributed by atoms with E-state index >= 15 is 0 Å². The second-order valence-corrected chi connectivity index (χ2v) is 2.97. The zero-order chi connectivity index (χ0) is 12.7. The van der Waals surface area contributed by atoms with Crippen molar-refractivity contribution >= 4 is 18.1 Å². The highest BCUT2D eigenvalue weighted by Crippen LogP contribution is 1.99. The third-order valence-corrected chi connectivity index (χ3v) is 1.69. The Morgan fingerprint density at radius 3 is 2.94 bits per heavy atom. The number of nitrogens with zero attached hydrogens (tertiary/aromatic N) is 1. The van der Waals surface area contributed by atoms with Crippen LogP contribution in [0.2, 0.25) is 0 Å². The van der Waals surface area contributed by atoms with Gasteiger partial charge in [0.1, 0.15) is 5.82 Å². The summed E-state index contributed by atoms with van der Waals surface area (Å²) in [5, 5.41) is 3.49. The van der Waals surface area contributed by atoms with Gasteiger partial charge >= 0.3 is 11.9 Å². The van der Waals surface area contributed by atoms with Crippen LogP contribution in [-0.2, 0) is 14.3 Å². The average molecular weight is 238 g/mol. The Morgan fingerprint density at radius 1 is 1.53 bits per heavy atom. The maximum Gasteiger partial charge on any atom is 0.398 e.